The number of hydrogen-bond acceptors (Lipinski definition) is 3. The first-order valence-electron chi connectivity index (χ1n) is 11.7. The summed E-state index contributed by atoms with van der Waals surface area (Å²) < 4.78 is 0. The van der Waals surface area contributed by atoms with E-state index < -0.39 is 0 Å². The molecule has 0 saturated heterocycles. The minimum absolute atomic E-state index is 0. The molecule has 2 N–H and O–H groups in total. The molecule has 186 valence electrons. The van der Waals surface area contributed by atoms with Gasteiger partial charge in [-0.2, -0.15) is 0 Å². The van der Waals surface area contributed by atoms with E-state index in [2.05, 4.69) is 49.2 Å². The van der Waals surface area contributed by atoms with Crippen LogP contribution in [0.25, 0.3) is 0 Å². The minimum Gasteiger partial charge on any atom is -0.659 e. The van der Waals surface area contributed by atoms with E-state index in [0.29, 0.717) is 11.5 Å². The van der Waals surface area contributed by atoms with Crippen molar-refractivity contribution in [1.82, 2.24) is 4.98 Å². The van der Waals surface area contributed by atoms with Crippen molar-refractivity contribution < 1.29 is 36.4 Å². The van der Waals surface area contributed by atoms with E-state index in [0.717, 1.165) is 17.1 Å². The molecule has 4 nitrogen and oxygen atoms in total. The van der Waals surface area contributed by atoms with Crippen molar-refractivity contribution in [3.8, 4) is 11.5 Å². The molecule has 0 aliphatic rings. The third kappa shape index (κ3) is 10.1. The Labute approximate surface area is 238 Å². The Morgan fingerprint density at radius 3 is 1.46 bits per heavy atom. The van der Waals surface area contributed by atoms with Crippen molar-refractivity contribution in [1.29, 1.82) is 0 Å². The Morgan fingerprint density at radius 1 is 0.595 bits per heavy atom. The molecule has 37 heavy (non-hydrogen) atoms. The number of nitrogens with zero attached hydrogens (tertiary/aromatic N) is 2. The molecule has 0 spiro atoms. The zero-order valence-corrected chi connectivity index (χ0v) is 23.5. The van der Waals surface area contributed by atoms with Crippen LogP contribution in [0.5, 0.6) is 11.5 Å². The summed E-state index contributed by atoms with van der Waals surface area (Å²) in [5.74, 6) is 0.644. The Kier molecular flexibility index (Phi) is 12.3. The van der Waals surface area contributed by atoms with Crippen molar-refractivity contribution in [2.45, 2.75) is 19.3 Å². The Hall–Kier alpha value is -3.69. The fourth-order valence-electron chi connectivity index (χ4n) is 3.31. The van der Waals surface area contributed by atoms with Gasteiger partial charge in [0, 0.05) is 32.4 Å². The number of benzene rings is 4. The van der Waals surface area contributed by atoms with Crippen molar-refractivity contribution in [3.63, 3.8) is 0 Å². The van der Waals surface area contributed by atoms with Gasteiger partial charge in [-0.3, -0.25) is 4.99 Å². The number of hydrogen-bond donors (Lipinski definition) is 2. The summed E-state index contributed by atoms with van der Waals surface area (Å²) in [7, 11) is 0. The molecular weight excluding hydrogens is 536 g/mol. The van der Waals surface area contributed by atoms with Crippen LogP contribution in [0.2, 0.25) is 0 Å². The third-order valence-corrected chi connectivity index (χ3v) is 5.41. The van der Waals surface area contributed by atoms with Crippen LogP contribution in [0.15, 0.2) is 138 Å². The van der Waals surface area contributed by atoms with Crippen molar-refractivity contribution in [3.05, 3.63) is 150 Å². The molecule has 5 rings (SSSR count). The van der Waals surface area contributed by atoms with E-state index >= 15 is 0 Å². The molecule has 0 aliphatic heterocycles. The number of para-hydroxylation sites is 3. The molecule has 1 heterocycles. The molecule has 0 unspecified atom stereocenters. The summed E-state index contributed by atoms with van der Waals surface area (Å²) in [4.78, 5) is 9.18. The first kappa shape index (κ1) is 29.5. The van der Waals surface area contributed by atoms with Gasteiger partial charge in [-0.25, -0.2) is 0 Å². The van der Waals surface area contributed by atoms with Crippen LogP contribution in [-0.4, -0.2) is 16.4 Å². The zero-order valence-electron chi connectivity index (χ0n) is 21.1. The second kappa shape index (κ2) is 15.4. The van der Waals surface area contributed by atoms with E-state index in [4.69, 9.17) is 15.2 Å². The topological polar surface area (TPSA) is 66.9 Å². The first-order valence-corrected chi connectivity index (χ1v) is 11.7. The molecule has 0 saturated carbocycles. The average molecular weight is 567 g/mol. The van der Waals surface area contributed by atoms with Gasteiger partial charge < -0.3 is 15.2 Å². The maximum Gasteiger partial charge on any atom is 0.115 e. The van der Waals surface area contributed by atoms with Crippen LogP contribution in [0.1, 0.15) is 30.8 Å². The minimum atomic E-state index is -0.111. The smallest absolute Gasteiger partial charge is 0.115 e. The van der Waals surface area contributed by atoms with Gasteiger partial charge in [0.05, 0.1) is 5.69 Å². The van der Waals surface area contributed by atoms with Crippen LogP contribution < -0.4 is 4.98 Å². The van der Waals surface area contributed by atoms with Crippen molar-refractivity contribution in [2.24, 2.45) is 4.99 Å². The molecule has 0 radical (unpaired) electrons. The monoisotopic (exact) mass is 565 g/mol. The molecular formula is C32H31N2O2Zr-. The van der Waals surface area contributed by atoms with Crippen LogP contribution >= 0.6 is 0 Å². The first-order chi connectivity index (χ1) is 17.4. The number of aromatic hydroxyl groups is 2. The molecule has 0 aliphatic carbocycles. The van der Waals surface area contributed by atoms with E-state index in [1.165, 1.54) is 5.56 Å². The SMILES string of the molecule is CC(C)(c1ccccc1)c1ccc(C=Nc2ccccc2)[n-]1.Oc1ccccc1.Oc1ccccc1.[Zr]. The molecule has 0 atom stereocenters. The van der Waals surface area contributed by atoms with Crippen molar-refractivity contribution in [2.75, 3.05) is 0 Å². The van der Waals surface area contributed by atoms with Gasteiger partial charge in [0.1, 0.15) is 11.5 Å². The number of rotatable bonds is 4. The molecule has 0 fully saturated rings. The Morgan fingerprint density at radius 2 is 1.03 bits per heavy atom. The average Bonchev–Trinajstić information content (AvgIpc) is 3.41. The summed E-state index contributed by atoms with van der Waals surface area (Å²) in [6.07, 6.45) is 1.82. The largest absolute Gasteiger partial charge is 0.659 e. The summed E-state index contributed by atoms with van der Waals surface area (Å²) in [5, 5.41) is 17.3. The normalized spacial score (nSPS) is 10.3. The van der Waals surface area contributed by atoms with Gasteiger partial charge in [0.2, 0.25) is 0 Å². The Balaban J connectivity index is 0.000000262. The quantitative estimate of drug-likeness (QED) is 0.221. The number of phenolic OH excluding ortho intramolecular Hbond substituents is 2. The number of aliphatic imine (C=N–C) groups is 1. The van der Waals surface area contributed by atoms with Gasteiger partial charge in [-0.15, -0.1) is 11.4 Å². The summed E-state index contributed by atoms with van der Waals surface area (Å²) in [6.45, 7) is 4.39. The van der Waals surface area contributed by atoms with Gasteiger partial charge in [-0.05, 0) is 47.4 Å². The van der Waals surface area contributed by atoms with E-state index in [1.54, 1.807) is 48.5 Å². The molecule has 5 heteroatoms. The third-order valence-electron chi connectivity index (χ3n) is 5.41. The summed E-state index contributed by atoms with van der Waals surface area (Å²) in [5.41, 5.74) is 4.05. The van der Waals surface area contributed by atoms with E-state index in [1.807, 2.05) is 60.8 Å². The second-order valence-electron chi connectivity index (χ2n) is 8.51. The zero-order chi connectivity index (χ0) is 25.6. The molecule has 1 aromatic heterocycles. The van der Waals surface area contributed by atoms with E-state index in [9.17, 15) is 0 Å². The standard InChI is InChI=1S/C20H19N2.2C6H6O.Zr/c1-20(2,16-9-5-3-6-10-16)19-14-13-18(22-19)15-21-17-11-7-4-8-12-17;2*7-6-4-2-1-3-5-6;/h3-15H,1-2H3;2*1-5,7H;/q-1;;;. The maximum absolute atomic E-state index is 8.63. The maximum atomic E-state index is 8.63. The summed E-state index contributed by atoms with van der Waals surface area (Å²) in [6, 6.07) is 41.9. The van der Waals surface area contributed by atoms with Gasteiger partial charge >= 0.3 is 0 Å². The Bertz CT molecular complexity index is 1270. The predicted octanol–water partition coefficient (Wildman–Crippen LogP) is 7.50. The van der Waals surface area contributed by atoms with Crippen LogP contribution in [0.3, 0.4) is 0 Å². The molecule has 0 bridgehead atoms. The fraction of sp³-hybridized carbons (Fsp3) is 0.0938. The predicted molar refractivity (Wildman–Crippen MR) is 148 cm³/mol. The fourth-order valence-corrected chi connectivity index (χ4v) is 3.31. The van der Waals surface area contributed by atoms with Gasteiger partial charge in [0.15, 0.2) is 0 Å². The van der Waals surface area contributed by atoms with Crippen molar-refractivity contribution >= 4 is 11.9 Å². The van der Waals surface area contributed by atoms with E-state index in [-0.39, 0.29) is 31.6 Å². The second-order valence-corrected chi connectivity index (χ2v) is 8.51. The summed E-state index contributed by atoms with van der Waals surface area (Å²) >= 11 is 0. The van der Waals surface area contributed by atoms with Crippen LogP contribution in [0, 0.1) is 0 Å². The van der Waals surface area contributed by atoms with Gasteiger partial charge in [0.25, 0.3) is 0 Å². The molecule has 4 aromatic carbocycles. The van der Waals surface area contributed by atoms with Crippen LogP contribution in [0.4, 0.5) is 5.69 Å². The molecule has 5 aromatic rings. The van der Waals surface area contributed by atoms with Crippen LogP contribution in [-0.2, 0) is 31.6 Å². The number of phenols is 2. The number of aromatic nitrogens is 1. The molecule has 0 amide bonds. The van der Waals surface area contributed by atoms with Gasteiger partial charge in [-0.1, -0.05) is 111 Å².